The van der Waals surface area contributed by atoms with Crippen LogP contribution >= 0.6 is 0 Å². The Morgan fingerprint density at radius 1 is 1.12 bits per heavy atom. The van der Waals surface area contributed by atoms with Crippen LogP contribution in [0.25, 0.3) is 0 Å². The first kappa shape index (κ1) is 13.1. The first-order chi connectivity index (χ1) is 8.37. The van der Waals surface area contributed by atoms with Crippen molar-refractivity contribution in [1.82, 2.24) is 5.32 Å². The van der Waals surface area contributed by atoms with Gasteiger partial charge in [0.2, 0.25) is 0 Å². The summed E-state index contributed by atoms with van der Waals surface area (Å²) in [6.45, 7) is 4.70. The van der Waals surface area contributed by atoms with Gasteiger partial charge in [-0.25, -0.2) is 0 Å². The molecule has 0 aromatic carbocycles. The normalized spacial score (nSPS) is 24.4. The van der Waals surface area contributed by atoms with Gasteiger partial charge in [0.15, 0.2) is 0 Å². The van der Waals surface area contributed by atoms with Crippen molar-refractivity contribution in [1.29, 1.82) is 0 Å². The average Bonchev–Trinajstić information content (AvgIpc) is 2.41. The summed E-state index contributed by atoms with van der Waals surface area (Å²) in [5.41, 5.74) is 2.36. The monoisotopic (exact) mass is 235 g/mol. The second kappa shape index (κ2) is 6.58. The molecule has 0 aromatic heterocycles. The smallest absolute Gasteiger partial charge is 0.00452 e. The van der Waals surface area contributed by atoms with Gasteiger partial charge in [0, 0.05) is 12.0 Å². The highest BCUT2D eigenvalue weighted by molar-refractivity contribution is 5.18. The number of nitrogens with one attached hydrogen (secondary N) is 1. The summed E-state index contributed by atoms with van der Waals surface area (Å²) in [6, 6.07) is 0. The van der Waals surface area contributed by atoms with Crippen LogP contribution in [-0.2, 0) is 0 Å². The molecule has 0 spiro atoms. The molecule has 0 aromatic rings. The molecule has 2 rings (SSSR count). The molecule has 0 unspecified atom stereocenters. The van der Waals surface area contributed by atoms with Gasteiger partial charge in [0.25, 0.3) is 0 Å². The highest BCUT2D eigenvalue weighted by atomic mass is 14.9. The maximum absolute atomic E-state index is 3.70. The van der Waals surface area contributed by atoms with Crippen molar-refractivity contribution in [2.24, 2.45) is 5.41 Å². The van der Waals surface area contributed by atoms with Crippen molar-refractivity contribution < 1.29 is 0 Å². The van der Waals surface area contributed by atoms with Gasteiger partial charge in [-0.05, 0) is 51.5 Å². The SMILES string of the molecule is CCCNCC1(C2=CCCCC2)CCCCC1. The maximum Gasteiger partial charge on any atom is 0.00452 e. The Kier molecular flexibility index (Phi) is 5.09. The van der Waals surface area contributed by atoms with Gasteiger partial charge in [0.05, 0.1) is 0 Å². The van der Waals surface area contributed by atoms with Gasteiger partial charge in [0.1, 0.15) is 0 Å². The van der Waals surface area contributed by atoms with E-state index in [0.29, 0.717) is 5.41 Å². The Morgan fingerprint density at radius 2 is 1.94 bits per heavy atom. The van der Waals surface area contributed by atoms with Crippen molar-refractivity contribution in [3.05, 3.63) is 11.6 Å². The molecule has 17 heavy (non-hydrogen) atoms. The molecule has 1 N–H and O–H groups in total. The Morgan fingerprint density at radius 3 is 2.59 bits per heavy atom. The van der Waals surface area contributed by atoms with E-state index < -0.39 is 0 Å². The van der Waals surface area contributed by atoms with Gasteiger partial charge in [-0.2, -0.15) is 0 Å². The minimum Gasteiger partial charge on any atom is -0.316 e. The zero-order valence-electron chi connectivity index (χ0n) is 11.6. The van der Waals surface area contributed by atoms with Gasteiger partial charge < -0.3 is 5.32 Å². The first-order valence-electron chi connectivity index (χ1n) is 7.78. The standard InChI is InChI=1S/C16H29N/c1-2-13-17-14-16(11-7-4-8-12-16)15-9-5-3-6-10-15/h9,17H,2-8,10-14H2,1H3. The van der Waals surface area contributed by atoms with E-state index in [9.17, 15) is 0 Å². The molecule has 0 heterocycles. The Bertz CT molecular complexity index is 248. The third-order valence-electron chi connectivity index (χ3n) is 4.67. The summed E-state index contributed by atoms with van der Waals surface area (Å²) in [5, 5.41) is 3.70. The lowest BCUT2D eigenvalue weighted by Crippen LogP contribution is -2.38. The van der Waals surface area contributed by atoms with Gasteiger partial charge in [-0.15, -0.1) is 0 Å². The summed E-state index contributed by atoms with van der Waals surface area (Å²) < 4.78 is 0. The predicted molar refractivity (Wildman–Crippen MR) is 75.2 cm³/mol. The first-order valence-corrected chi connectivity index (χ1v) is 7.78. The van der Waals surface area contributed by atoms with E-state index >= 15 is 0 Å². The molecule has 2 aliphatic rings. The molecule has 1 nitrogen and oxygen atoms in total. The fourth-order valence-electron chi connectivity index (χ4n) is 3.66. The molecule has 0 aliphatic heterocycles. The molecular formula is C16H29N. The molecule has 2 aliphatic carbocycles. The van der Waals surface area contributed by atoms with E-state index in [1.807, 2.05) is 5.57 Å². The summed E-state index contributed by atoms with van der Waals surface area (Å²) in [7, 11) is 0. The van der Waals surface area contributed by atoms with Crippen LogP contribution in [0.4, 0.5) is 0 Å². The Balaban J connectivity index is 2.02. The number of rotatable bonds is 5. The van der Waals surface area contributed by atoms with Crippen LogP contribution in [0.3, 0.4) is 0 Å². The fraction of sp³-hybridized carbons (Fsp3) is 0.875. The van der Waals surface area contributed by atoms with E-state index in [4.69, 9.17) is 0 Å². The molecule has 0 radical (unpaired) electrons. The third kappa shape index (κ3) is 3.34. The molecule has 0 saturated heterocycles. The zero-order valence-corrected chi connectivity index (χ0v) is 11.6. The lowest BCUT2D eigenvalue weighted by Gasteiger charge is -2.41. The summed E-state index contributed by atoms with van der Waals surface area (Å²) in [6.07, 6.45) is 16.7. The van der Waals surface area contributed by atoms with Crippen molar-refractivity contribution in [2.75, 3.05) is 13.1 Å². The molecule has 1 fully saturated rings. The van der Waals surface area contributed by atoms with Crippen LogP contribution in [0.15, 0.2) is 11.6 Å². The fourth-order valence-corrected chi connectivity index (χ4v) is 3.66. The average molecular weight is 235 g/mol. The summed E-state index contributed by atoms with van der Waals surface area (Å²) >= 11 is 0. The maximum atomic E-state index is 3.70. The molecule has 1 heteroatoms. The topological polar surface area (TPSA) is 12.0 Å². The molecule has 1 saturated carbocycles. The van der Waals surface area contributed by atoms with Crippen LogP contribution in [0, 0.1) is 5.41 Å². The lowest BCUT2D eigenvalue weighted by atomic mass is 9.66. The minimum atomic E-state index is 0.549. The summed E-state index contributed by atoms with van der Waals surface area (Å²) in [4.78, 5) is 0. The third-order valence-corrected chi connectivity index (χ3v) is 4.67. The summed E-state index contributed by atoms with van der Waals surface area (Å²) in [5.74, 6) is 0. The minimum absolute atomic E-state index is 0.549. The highest BCUT2D eigenvalue weighted by Gasteiger charge is 2.35. The van der Waals surface area contributed by atoms with E-state index in [2.05, 4.69) is 18.3 Å². The largest absolute Gasteiger partial charge is 0.316 e. The molecular weight excluding hydrogens is 206 g/mol. The van der Waals surface area contributed by atoms with Crippen LogP contribution in [0.1, 0.15) is 71.1 Å². The quantitative estimate of drug-likeness (QED) is 0.549. The predicted octanol–water partition coefficient (Wildman–Crippen LogP) is 4.44. The second-order valence-corrected chi connectivity index (χ2v) is 5.99. The van der Waals surface area contributed by atoms with Crippen LogP contribution in [0.5, 0.6) is 0 Å². The number of hydrogen-bond donors (Lipinski definition) is 1. The number of allylic oxidation sites excluding steroid dienone is 1. The van der Waals surface area contributed by atoms with Crippen LogP contribution < -0.4 is 5.32 Å². The van der Waals surface area contributed by atoms with Crippen molar-refractivity contribution in [3.63, 3.8) is 0 Å². The van der Waals surface area contributed by atoms with Crippen molar-refractivity contribution >= 4 is 0 Å². The van der Waals surface area contributed by atoms with Gasteiger partial charge in [-0.3, -0.25) is 0 Å². The lowest BCUT2D eigenvalue weighted by molar-refractivity contribution is 0.220. The molecule has 0 atom stereocenters. The van der Waals surface area contributed by atoms with E-state index in [1.165, 1.54) is 77.3 Å². The van der Waals surface area contributed by atoms with E-state index in [0.717, 1.165) is 0 Å². The van der Waals surface area contributed by atoms with Gasteiger partial charge in [-0.1, -0.05) is 37.8 Å². The van der Waals surface area contributed by atoms with E-state index in [1.54, 1.807) is 0 Å². The zero-order chi connectivity index (χ0) is 12.0. The molecule has 0 amide bonds. The van der Waals surface area contributed by atoms with Crippen molar-refractivity contribution in [2.45, 2.75) is 71.1 Å². The number of hydrogen-bond acceptors (Lipinski definition) is 1. The Hall–Kier alpha value is -0.300. The highest BCUT2D eigenvalue weighted by Crippen LogP contribution is 2.45. The van der Waals surface area contributed by atoms with E-state index in [-0.39, 0.29) is 0 Å². The van der Waals surface area contributed by atoms with Crippen LogP contribution in [0.2, 0.25) is 0 Å². The molecule has 98 valence electrons. The van der Waals surface area contributed by atoms with Gasteiger partial charge >= 0.3 is 0 Å². The van der Waals surface area contributed by atoms with Crippen LogP contribution in [-0.4, -0.2) is 13.1 Å². The van der Waals surface area contributed by atoms with Crippen molar-refractivity contribution in [3.8, 4) is 0 Å². The molecule has 0 bridgehead atoms. The Labute approximate surface area is 107 Å². The second-order valence-electron chi connectivity index (χ2n) is 5.99.